The molecule has 0 aromatic carbocycles. The van der Waals surface area contributed by atoms with Crippen LogP contribution < -0.4 is 5.56 Å². The van der Waals surface area contributed by atoms with Gasteiger partial charge in [-0.2, -0.15) is 0 Å². The molecule has 3 aliphatic heterocycles. The lowest BCUT2D eigenvalue weighted by molar-refractivity contribution is -0.138. The fourth-order valence-corrected chi connectivity index (χ4v) is 6.04. The van der Waals surface area contributed by atoms with Crippen molar-refractivity contribution in [3.63, 3.8) is 0 Å². The van der Waals surface area contributed by atoms with Crippen molar-refractivity contribution in [2.75, 3.05) is 19.6 Å². The predicted molar refractivity (Wildman–Crippen MR) is 115 cm³/mol. The maximum atomic E-state index is 13.0. The molecule has 5 heterocycles. The lowest BCUT2D eigenvalue weighted by atomic mass is 9.83. The molecular weight excluding hydrogens is 422 g/mol. The molecule has 0 radical (unpaired) electrons. The molecule has 0 saturated carbocycles. The number of aromatic nitrogens is 1. The molecule has 2 atom stereocenters. The number of hydrogen-bond acceptors (Lipinski definition) is 6. The van der Waals surface area contributed by atoms with E-state index in [1.807, 2.05) is 28.1 Å². The molecule has 9 heteroatoms. The zero-order valence-electron chi connectivity index (χ0n) is 16.0. The molecule has 0 aliphatic carbocycles. The number of piperidine rings is 1. The van der Waals surface area contributed by atoms with Crippen LogP contribution in [0.15, 0.2) is 45.4 Å². The van der Waals surface area contributed by atoms with Crippen LogP contribution in [0.2, 0.25) is 0 Å². The second-order valence-electron chi connectivity index (χ2n) is 7.78. The number of rotatable bonds is 3. The van der Waals surface area contributed by atoms with Crippen LogP contribution in [0.4, 0.5) is 4.79 Å². The SMILES string of the molecule is O=C(CN1C(=O)S/C(=C\c2cccs2)C1=O)N1C[C@H]2C[C@@H](C1)c1cccc(=O)n1C2. The van der Waals surface area contributed by atoms with Crippen LogP contribution in [0.25, 0.3) is 6.08 Å². The molecule has 2 saturated heterocycles. The summed E-state index contributed by atoms with van der Waals surface area (Å²) in [7, 11) is 0. The fourth-order valence-electron chi connectivity index (χ4n) is 4.47. The maximum absolute atomic E-state index is 13.0. The van der Waals surface area contributed by atoms with E-state index in [-0.39, 0.29) is 29.8 Å². The number of thioether (sulfide) groups is 1. The summed E-state index contributed by atoms with van der Waals surface area (Å²) in [5.74, 6) is -0.338. The van der Waals surface area contributed by atoms with Gasteiger partial charge in [-0.15, -0.1) is 11.3 Å². The highest BCUT2D eigenvalue weighted by Crippen LogP contribution is 2.36. The van der Waals surface area contributed by atoms with Crippen LogP contribution in [0, 0.1) is 5.92 Å². The topological polar surface area (TPSA) is 79.7 Å². The summed E-state index contributed by atoms with van der Waals surface area (Å²) < 4.78 is 1.81. The summed E-state index contributed by atoms with van der Waals surface area (Å²) in [5, 5.41) is 1.49. The summed E-state index contributed by atoms with van der Waals surface area (Å²) >= 11 is 2.36. The Morgan fingerprint density at radius 3 is 2.77 bits per heavy atom. The molecule has 2 fully saturated rings. The monoisotopic (exact) mass is 441 g/mol. The second-order valence-corrected chi connectivity index (χ2v) is 9.75. The van der Waals surface area contributed by atoms with Gasteiger partial charge in [0.15, 0.2) is 0 Å². The highest BCUT2D eigenvalue weighted by molar-refractivity contribution is 8.18. The summed E-state index contributed by atoms with van der Waals surface area (Å²) in [4.78, 5) is 54.2. The minimum absolute atomic E-state index is 0.00248. The predicted octanol–water partition coefficient (Wildman–Crippen LogP) is 2.59. The molecule has 2 aromatic rings. The Labute approximate surface area is 181 Å². The van der Waals surface area contributed by atoms with Gasteiger partial charge in [0.05, 0.1) is 4.91 Å². The van der Waals surface area contributed by atoms with Crippen LogP contribution in [-0.2, 0) is 16.1 Å². The number of carbonyl (C=O) groups excluding carboxylic acids is 3. The highest BCUT2D eigenvalue weighted by atomic mass is 32.2. The summed E-state index contributed by atoms with van der Waals surface area (Å²) in [5.41, 5.74) is 0.957. The molecule has 0 N–H and O–H groups in total. The van der Waals surface area contributed by atoms with Crippen LogP contribution >= 0.6 is 23.1 Å². The van der Waals surface area contributed by atoms with E-state index in [0.29, 0.717) is 24.5 Å². The second kappa shape index (κ2) is 7.55. The molecule has 30 heavy (non-hydrogen) atoms. The molecule has 0 spiro atoms. The first-order chi connectivity index (χ1) is 14.5. The number of thiophene rings is 1. The largest absolute Gasteiger partial charge is 0.340 e. The molecule has 2 bridgehead atoms. The molecule has 7 nitrogen and oxygen atoms in total. The number of pyridine rings is 1. The van der Waals surface area contributed by atoms with Crippen molar-refractivity contribution in [2.24, 2.45) is 5.92 Å². The van der Waals surface area contributed by atoms with Crippen molar-refractivity contribution in [3.8, 4) is 0 Å². The van der Waals surface area contributed by atoms with Gasteiger partial charge in [-0.25, -0.2) is 0 Å². The van der Waals surface area contributed by atoms with Crippen molar-refractivity contribution in [3.05, 3.63) is 61.5 Å². The van der Waals surface area contributed by atoms with Crippen LogP contribution in [0.1, 0.15) is 22.9 Å². The average Bonchev–Trinajstić information content (AvgIpc) is 3.33. The van der Waals surface area contributed by atoms with Crippen molar-refractivity contribution in [1.29, 1.82) is 0 Å². The van der Waals surface area contributed by atoms with E-state index in [1.54, 1.807) is 23.1 Å². The number of hydrogen-bond donors (Lipinski definition) is 0. The van der Waals surface area contributed by atoms with Crippen molar-refractivity contribution >= 4 is 46.2 Å². The number of carbonyl (C=O) groups is 3. The van der Waals surface area contributed by atoms with Gasteiger partial charge in [0, 0.05) is 42.2 Å². The van der Waals surface area contributed by atoms with Crippen molar-refractivity contribution in [1.82, 2.24) is 14.4 Å². The molecule has 3 aliphatic rings. The summed E-state index contributed by atoms with van der Waals surface area (Å²) in [6.07, 6.45) is 2.64. The van der Waals surface area contributed by atoms with Gasteiger partial charge in [-0.05, 0) is 47.7 Å². The van der Waals surface area contributed by atoms with Gasteiger partial charge in [-0.3, -0.25) is 24.1 Å². The Balaban J connectivity index is 1.30. The number of fused-ring (bicyclic) bond motifs is 4. The fraction of sp³-hybridized carbons (Fsp3) is 0.333. The normalized spacial score (nSPS) is 24.5. The summed E-state index contributed by atoms with van der Waals surface area (Å²) in [6.45, 7) is 1.39. The third-order valence-electron chi connectivity index (χ3n) is 5.82. The van der Waals surface area contributed by atoms with E-state index in [0.717, 1.165) is 33.7 Å². The van der Waals surface area contributed by atoms with Crippen molar-refractivity contribution < 1.29 is 14.4 Å². The number of imide groups is 1. The van der Waals surface area contributed by atoms with Crippen LogP contribution in [0.3, 0.4) is 0 Å². The highest BCUT2D eigenvalue weighted by Gasteiger charge is 2.40. The third-order valence-corrected chi connectivity index (χ3v) is 7.54. The zero-order chi connectivity index (χ0) is 20.8. The molecule has 3 amide bonds. The van der Waals surface area contributed by atoms with Gasteiger partial charge in [0.25, 0.3) is 16.7 Å². The third kappa shape index (κ3) is 3.41. The van der Waals surface area contributed by atoms with E-state index in [9.17, 15) is 19.2 Å². The van der Waals surface area contributed by atoms with Gasteiger partial charge in [0.2, 0.25) is 5.91 Å². The van der Waals surface area contributed by atoms with E-state index in [2.05, 4.69) is 0 Å². The lowest BCUT2D eigenvalue weighted by Crippen LogP contribution is -2.51. The Morgan fingerprint density at radius 2 is 1.97 bits per heavy atom. The Morgan fingerprint density at radius 1 is 1.10 bits per heavy atom. The van der Waals surface area contributed by atoms with Gasteiger partial charge in [0.1, 0.15) is 6.54 Å². The smallest absolute Gasteiger partial charge is 0.294 e. The maximum Gasteiger partial charge on any atom is 0.294 e. The first kappa shape index (κ1) is 19.3. The van der Waals surface area contributed by atoms with Gasteiger partial charge < -0.3 is 9.47 Å². The number of amides is 3. The minimum Gasteiger partial charge on any atom is -0.340 e. The Kier molecular flexibility index (Phi) is 4.86. The van der Waals surface area contributed by atoms with Crippen LogP contribution in [-0.4, -0.2) is 51.1 Å². The van der Waals surface area contributed by atoms with E-state index < -0.39 is 11.1 Å². The zero-order valence-corrected chi connectivity index (χ0v) is 17.7. The minimum atomic E-state index is -0.416. The van der Waals surface area contributed by atoms with E-state index >= 15 is 0 Å². The van der Waals surface area contributed by atoms with Gasteiger partial charge in [-0.1, -0.05) is 12.1 Å². The van der Waals surface area contributed by atoms with E-state index in [1.165, 1.54) is 11.3 Å². The Bertz CT molecular complexity index is 1120. The van der Waals surface area contributed by atoms with Crippen molar-refractivity contribution in [2.45, 2.75) is 18.9 Å². The average molecular weight is 442 g/mol. The molecule has 5 rings (SSSR count). The molecule has 2 aromatic heterocycles. The lowest BCUT2D eigenvalue weighted by Gasteiger charge is -2.43. The molecular formula is C21H19N3O4S2. The van der Waals surface area contributed by atoms with Crippen LogP contribution in [0.5, 0.6) is 0 Å². The first-order valence-electron chi connectivity index (χ1n) is 9.76. The standard InChI is InChI=1S/C21H19N3O4S2/c25-18-5-1-4-16-14-7-13(10-23(16)18)9-22(11-14)19(26)12-24-20(27)17(30-21(24)28)8-15-3-2-6-29-15/h1-6,8,13-14H,7,9-12H2/b17-8-/t13-,14+/m1/s1. The number of nitrogens with zero attached hydrogens (tertiary/aromatic N) is 3. The first-order valence-corrected chi connectivity index (χ1v) is 11.5. The molecule has 154 valence electrons. The number of likely N-dealkylation sites (tertiary alicyclic amines) is 1. The van der Waals surface area contributed by atoms with Gasteiger partial charge >= 0.3 is 0 Å². The van der Waals surface area contributed by atoms with E-state index in [4.69, 9.17) is 0 Å². The summed E-state index contributed by atoms with van der Waals surface area (Å²) in [6, 6.07) is 9.03. The Hall–Kier alpha value is -2.65. The quantitative estimate of drug-likeness (QED) is 0.684. The molecule has 0 unspecified atom stereocenters.